The molecule has 17 heavy (non-hydrogen) atoms. The van der Waals surface area contributed by atoms with E-state index >= 15 is 0 Å². The molecule has 0 amide bonds. The van der Waals surface area contributed by atoms with E-state index in [4.69, 9.17) is 0 Å². The van der Waals surface area contributed by atoms with Crippen LogP contribution in [0.2, 0.25) is 0 Å². The van der Waals surface area contributed by atoms with E-state index in [2.05, 4.69) is 54.2 Å². The molecule has 1 aromatic rings. The number of hydrogen-bond donors (Lipinski definition) is 2. The van der Waals surface area contributed by atoms with Gasteiger partial charge >= 0.3 is 0 Å². The molecule has 0 fully saturated rings. The van der Waals surface area contributed by atoms with Gasteiger partial charge in [-0.25, -0.2) is 0 Å². The second-order valence-electron chi connectivity index (χ2n) is 4.98. The third kappa shape index (κ3) is 4.78. The van der Waals surface area contributed by atoms with Crippen LogP contribution in [0.15, 0.2) is 28.7 Å². The Morgan fingerprint density at radius 3 is 2.41 bits per heavy atom. The number of aliphatic hydroxyl groups excluding tert-OH is 1. The lowest BCUT2D eigenvalue weighted by molar-refractivity contribution is 0.161. The van der Waals surface area contributed by atoms with Crippen molar-refractivity contribution in [2.24, 2.45) is 0 Å². The number of nitrogens with one attached hydrogen (secondary N) is 1. The van der Waals surface area contributed by atoms with Crippen molar-refractivity contribution >= 4 is 15.9 Å². The Bertz CT molecular complexity index is 339. The highest BCUT2D eigenvalue weighted by Gasteiger charge is 2.24. The molecule has 0 aromatic heterocycles. The Balaban J connectivity index is 2.70. The lowest BCUT2D eigenvalue weighted by Gasteiger charge is -2.32. The van der Waals surface area contributed by atoms with Crippen molar-refractivity contribution in [3.05, 3.63) is 34.3 Å². The Morgan fingerprint density at radius 2 is 1.94 bits per heavy atom. The van der Waals surface area contributed by atoms with Gasteiger partial charge in [-0.1, -0.05) is 35.0 Å². The van der Waals surface area contributed by atoms with E-state index in [0.29, 0.717) is 6.04 Å². The monoisotopic (exact) mass is 299 g/mol. The summed E-state index contributed by atoms with van der Waals surface area (Å²) in [4.78, 5) is 0. The van der Waals surface area contributed by atoms with Gasteiger partial charge in [-0.2, -0.15) is 0 Å². The highest BCUT2D eigenvalue weighted by molar-refractivity contribution is 9.10. The van der Waals surface area contributed by atoms with Gasteiger partial charge in [0, 0.05) is 16.1 Å². The normalized spacial score (nSPS) is 16.5. The molecule has 0 saturated carbocycles. The van der Waals surface area contributed by atoms with Crippen LogP contribution in [0.3, 0.4) is 0 Å². The van der Waals surface area contributed by atoms with Crippen molar-refractivity contribution in [3.63, 3.8) is 0 Å². The standard InChI is InChI=1S/C14H22BrNO/c1-4-11(2)16-14(3,10-17)9-12-5-7-13(15)8-6-12/h5-8,11,16-17H,4,9-10H2,1-3H3. The second-order valence-corrected chi connectivity index (χ2v) is 5.89. The summed E-state index contributed by atoms with van der Waals surface area (Å²) in [6, 6.07) is 8.68. The lowest BCUT2D eigenvalue weighted by Crippen LogP contribution is -2.51. The number of rotatable bonds is 6. The molecule has 2 N–H and O–H groups in total. The predicted octanol–water partition coefficient (Wildman–Crippen LogP) is 3.13. The van der Waals surface area contributed by atoms with Gasteiger partial charge in [0.05, 0.1) is 6.61 Å². The number of benzene rings is 1. The van der Waals surface area contributed by atoms with Crippen LogP contribution in [0.1, 0.15) is 32.8 Å². The van der Waals surface area contributed by atoms with E-state index < -0.39 is 0 Å². The van der Waals surface area contributed by atoms with Crippen LogP contribution in [-0.4, -0.2) is 23.3 Å². The predicted molar refractivity (Wildman–Crippen MR) is 76.2 cm³/mol. The van der Waals surface area contributed by atoms with E-state index in [0.717, 1.165) is 17.3 Å². The van der Waals surface area contributed by atoms with Gasteiger partial charge in [-0.05, 0) is 44.4 Å². The molecule has 2 nitrogen and oxygen atoms in total. The molecule has 0 spiro atoms. The third-order valence-electron chi connectivity index (χ3n) is 3.06. The fraction of sp³-hybridized carbons (Fsp3) is 0.571. The summed E-state index contributed by atoms with van der Waals surface area (Å²) in [7, 11) is 0. The summed E-state index contributed by atoms with van der Waals surface area (Å²) in [5, 5.41) is 13.1. The Kier molecular flexibility index (Phi) is 5.63. The minimum atomic E-state index is -0.247. The first-order valence-electron chi connectivity index (χ1n) is 6.12. The molecule has 0 bridgehead atoms. The molecule has 1 rings (SSSR count). The van der Waals surface area contributed by atoms with Gasteiger partial charge in [-0.3, -0.25) is 0 Å². The summed E-state index contributed by atoms with van der Waals surface area (Å²) in [6.07, 6.45) is 1.90. The molecule has 0 heterocycles. The van der Waals surface area contributed by atoms with Crippen LogP contribution in [-0.2, 0) is 6.42 Å². The Morgan fingerprint density at radius 1 is 1.35 bits per heavy atom. The first-order chi connectivity index (χ1) is 7.99. The molecular weight excluding hydrogens is 278 g/mol. The van der Waals surface area contributed by atoms with E-state index in [1.165, 1.54) is 5.56 Å². The van der Waals surface area contributed by atoms with Crippen molar-refractivity contribution in [3.8, 4) is 0 Å². The number of halogens is 1. The molecule has 0 aliphatic heterocycles. The van der Waals surface area contributed by atoms with Gasteiger partial charge in [0.15, 0.2) is 0 Å². The average molecular weight is 300 g/mol. The molecule has 0 radical (unpaired) electrons. The highest BCUT2D eigenvalue weighted by atomic mass is 79.9. The molecule has 96 valence electrons. The van der Waals surface area contributed by atoms with Crippen molar-refractivity contribution < 1.29 is 5.11 Å². The molecule has 0 saturated heterocycles. The summed E-state index contributed by atoms with van der Waals surface area (Å²) >= 11 is 3.43. The van der Waals surface area contributed by atoms with Crippen molar-refractivity contribution in [1.82, 2.24) is 5.32 Å². The zero-order chi connectivity index (χ0) is 12.9. The van der Waals surface area contributed by atoms with Crippen LogP contribution in [0, 0.1) is 0 Å². The maximum absolute atomic E-state index is 9.57. The first kappa shape index (κ1) is 14.7. The largest absolute Gasteiger partial charge is 0.394 e. The average Bonchev–Trinajstić information content (AvgIpc) is 2.32. The Labute approximate surface area is 113 Å². The number of aliphatic hydroxyl groups is 1. The van der Waals surface area contributed by atoms with Crippen LogP contribution >= 0.6 is 15.9 Å². The molecule has 2 atom stereocenters. The minimum Gasteiger partial charge on any atom is -0.394 e. The maximum Gasteiger partial charge on any atom is 0.0613 e. The van der Waals surface area contributed by atoms with Crippen molar-refractivity contribution in [2.45, 2.75) is 45.2 Å². The summed E-state index contributed by atoms with van der Waals surface area (Å²) in [5.41, 5.74) is 0.990. The van der Waals surface area contributed by atoms with Crippen molar-refractivity contribution in [1.29, 1.82) is 0 Å². The third-order valence-corrected chi connectivity index (χ3v) is 3.59. The fourth-order valence-corrected chi connectivity index (χ4v) is 2.17. The van der Waals surface area contributed by atoms with Gasteiger partial charge in [0.25, 0.3) is 0 Å². The van der Waals surface area contributed by atoms with Gasteiger partial charge in [0.2, 0.25) is 0 Å². The van der Waals surface area contributed by atoms with E-state index in [1.54, 1.807) is 0 Å². The topological polar surface area (TPSA) is 32.3 Å². The van der Waals surface area contributed by atoms with Crippen LogP contribution < -0.4 is 5.32 Å². The number of hydrogen-bond acceptors (Lipinski definition) is 2. The molecule has 3 heteroatoms. The van der Waals surface area contributed by atoms with Crippen LogP contribution in [0.4, 0.5) is 0 Å². The SMILES string of the molecule is CCC(C)NC(C)(CO)Cc1ccc(Br)cc1. The summed E-state index contributed by atoms with van der Waals surface area (Å²) in [6.45, 7) is 6.51. The Hall–Kier alpha value is -0.380. The quantitative estimate of drug-likeness (QED) is 0.846. The van der Waals surface area contributed by atoms with Gasteiger partial charge < -0.3 is 10.4 Å². The maximum atomic E-state index is 9.57. The van der Waals surface area contributed by atoms with Gasteiger partial charge in [0.1, 0.15) is 0 Å². The molecule has 2 unspecified atom stereocenters. The lowest BCUT2D eigenvalue weighted by atomic mass is 9.92. The summed E-state index contributed by atoms with van der Waals surface area (Å²) < 4.78 is 1.09. The van der Waals surface area contributed by atoms with Crippen LogP contribution in [0.5, 0.6) is 0 Å². The second kappa shape index (κ2) is 6.53. The molecule has 1 aromatic carbocycles. The zero-order valence-corrected chi connectivity index (χ0v) is 12.4. The molecular formula is C14H22BrNO. The van der Waals surface area contributed by atoms with E-state index in [1.807, 2.05) is 12.1 Å². The fourth-order valence-electron chi connectivity index (χ4n) is 1.90. The summed E-state index contributed by atoms with van der Waals surface area (Å²) in [5.74, 6) is 0. The molecule has 0 aliphatic rings. The smallest absolute Gasteiger partial charge is 0.0613 e. The van der Waals surface area contributed by atoms with Crippen LogP contribution in [0.25, 0.3) is 0 Å². The van der Waals surface area contributed by atoms with E-state index in [9.17, 15) is 5.11 Å². The zero-order valence-electron chi connectivity index (χ0n) is 10.8. The molecule has 0 aliphatic carbocycles. The minimum absolute atomic E-state index is 0.146. The van der Waals surface area contributed by atoms with Crippen molar-refractivity contribution in [2.75, 3.05) is 6.61 Å². The highest BCUT2D eigenvalue weighted by Crippen LogP contribution is 2.17. The first-order valence-corrected chi connectivity index (χ1v) is 6.91. The van der Waals surface area contributed by atoms with Gasteiger partial charge in [-0.15, -0.1) is 0 Å². The van der Waals surface area contributed by atoms with E-state index in [-0.39, 0.29) is 12.1 Å².